The van der Waals surface area contributed by atoms with Crippen molar-refractivity contribution in [1.82, 2.24) is 4.90 Å². The summed E-state index contributed by atoms with van der Waals surface area (Å²) in [6, 6.07) is 10.8. The molecule has 0 radical (unpaired) electrons. The lowest BCUT2D eigenvalue weighted by Gasteiger charge is -2.48. The van der Waals surface area contributed by atoms with Gasteiger partial charge in [0.05, 0.1) is 0 Å². The van der Waals surface area contributed by atoms with Crippen molar-refractivity contribution in [3.63, 3.8) is 0 Å². The van der Waals surface area contributed by atoms with Crippen molar-refractivity contribution in [1.29, 1.82) is 0 Å². The summed E-state index contributed by atoms with van der Waals surface area (Å²) in [6.45, 7) is 7.76. The Kier molecular flexibility index (Phi) is 3.99. The van der Waals surface area contributed by atoms with Crippen LogP contribution in [0, 0.1) is 5.92 Å². The molecule has 3 heteroatoms. The molecule has 0 bridgehead atoms. The van der Waals surface area contributed by atoms with Crippen LogP contribution in [0.4, 0.5) is 5.69 Å². The second-order valence-electron chi connectivity index (χ2n) is 6.41. The molecule has 1 aromatic rings. The number of nitrogens with zero attached hydrogens (tertiary/aromatic N) is 2. The summed E-state index contributed by atoms with van der Waals surface area (Å²) in [5.74, 6) is 0.746. The lowest BCUT2D eigenvalue weighted by molar-refractivity contribution is 0.0582. The molecular formula is C17H27N3. The van der Waals surface area contributed by atoms with E-state index >= 15 is 0 Å². The molecule has 20 heavy (non-hydrogen) atoms. The molecule has 2 N–H and O–H groups in total. The predicted octanol–water partition coefficient (Wildman–Crippen LogP) is 2.33. The van der Waals surface area contributed by atoms with Crippen LogP contribution in [-0.4, -0.2) is 43.2 Å². The van der Waals surface area contributed by atoms with Gasteiger partial charge in [0, 0.05) is 44.0 Å². The van der Waals surface area contributed by atoms with E-state index in [0.717, 1.165) is 38.6 Å². The monoisotopic (exact) mass is 273 g/mol. The fourth-order valence-electron chi connectivity index (χ4n) is 4.18. The van der Waals surface area contributed by atoms with Crippen molar-refractivity contribution in [2.75, 3.05) is 37.6 Å². The van der Waals surface area contributed by atoms with E-state index in [0.29, 0.717) is 0 Å². The SMILES string of the molecule is CC1CCCC1(CN)N1CCN(c2ccccc2)CC1. The number of benzene rings is 1. The minimum atomic E-state index is 0.281. The first-order valence-electron chi connectivity index (χ1n) is 8.01. The third kappa shape index (κ3) is 2.33. The first kappa shape index (κ1) is 13.9. The molecule has 3 rings (SSSR count). The molecule has 1 saturated heterocycles. The molecule has 0 aromatic heterocycles. The third-order valence-corrected chi connectivity index (χ3v) is 5.55. The van der Waals surface area contributed by atoms with Gasteiger partial charge < -0.3 is 10.6 Å². The Hall–Kier alpha value is -1.06. The highest BCUT2D eigenvalue weighted by atomic mass is 15.3. The normalized spacial score (nSPS) is 31.7. The maximum absolute atomic E-state index is 6.18. The molecule has 1 aliphatic carbocycles. The number of hydrogen-bond acceptors (Lipinski definition) is 3. The molecular weight excluding hydrogens is 246 g/mol. The van der Waals surface area contributed by atoms with E-state index in [1.807, 2.05) is 0 Å². The van der Waals surface area contributed by atoms with Crippen LogP contribution in [0.15, 0.2) is 30.3 Å². The molecule has 1 aliphatic heterocycles. The number of hydrogen-bond donors (Lipinski definition) is 1. The van der Waals surface area contributed by atoms with Crippen LogP contribution in [-0.2, 0) is 0 Å². The summed E-state index contributed by atoms with van der Waals surface area (Å²) >= 11 is 0. The Balaban J connectivity index is 1.66. The predicted molar refractivity (Wildman–Crippen MR) is 85.0 cm³/mol. The summed E-state index contributed by atoms with van der Waals surface area (Å²) in [6.07, 6.45) is 3.98. The molecule has 2 aliphatic rings. The van der Waals surface area contributed by atoms with Crippen molar-refractivity contribution in [3.8, 4) is 0 Å². The number of para-hydroxylation sites is 1. The van der Waals surface area contributed by atoms with Gasteiger partial charge in [0.15, 0.2) is 0 Å². The van der Waals surface area contributed by atoms with Crippen molar-refractivity contribution >= 4 is 5.69 Å². The van der Waals surface area contributed by atoms with Gasteiger partial charge in [-0.1, -0.05) is 31.5 Å². The molecule has 2 fully saturated rings. The Morgan fingerprint density at radius 3 is 2.40 bits per heavy atom. The first-order chi connectivity index (χ1) is 9.76. The lowest BCUT2D eigenvalue weighted by Crippen LogP contribution is -2.61. The highest BCUT2D eigenvalue weighted by Crippen LogP contribution is 2.40. The molecule has 0 spiro atoms. The fourth-order valence-corrected chi connectivity index (χ4v) is 4.18. The Labute approximate surface area is 122 Å². The van der Waals surface area contributed by atoms with Crippen molar-refractivity contribution in [2.24, 2.45) is 11.7 Å². The van der Waals surface area contributed by atoms with Crippen molar-refractivity contribution in [2.45, 2.75) is 31.7 Å². The van der Waals surface area contributed by atoms with Crippen LogP contribution < -0.4 is 10.6 Å². The summed E-state index contributed by atoms with van der Waals surface area (Å²) in [5.41, 5.74) is 7.82. The van der Waals surface area contributed by atoms with Gasteiger partial charge in [0.25, 0.3) is 0 Å². The Bertz CT molecular complexity index is 425. The maximum atomic E-state index is 6.18. The second-order valence-corrected chi connectivity index (χ2v) is 6.41. The largest absolute Gasteiger partial charge is 0.369 e. The average molecular weight is 273 g/mol. The minimum absolute atomic E-state index is 0.281. The van der Waals surface area contributed by atoms with Crippen LogP contribution in [0.5, 0.6) is 0 Å². The van der Waals surface area contributed by atoms with Gasteiger partial charge in [0.2, 0.25) is 0 Å². The average Bonchev–Trinajstić information content (AvgIpc) is 2.90. The van der Waals surface area contributed by atoms with Gasteiger partial charge in [-0.15, -0.1) is 0 Å². The molecule has 2 atom stereocenters. The van der Waals surface area contributed by atoms with Crippen LogP contribution in [0.2, 0.25) is 0 Å². The van der Waals surface area contributed by atoms with E-state index in [1.165, 1.54) is 24.9 Å². The number of nitrogens with two attached hydrogens (primary N) is 1. The van der Waals surface area contributed by atoms with Crippen molar-refractivity contribution < 1.29 is 0 Å². The molecule has 1 saturated carbocycles. The fraction of sp³-hybridized carbons (Fsp3) is 0.647. The zero-order valence-electron chi connectivity index (χ0n) is 12.6. The van der Waals surface area contributed by atoms with Crippen LogP contribution in [0.1, 0.15) is 26.2 Å². The minimum Gasteiger partial charge on any atom is -0.369 e. The quantitative estimate of drug-likeness (QED) is 0.917. The molecule has 3 nitrogen and oxygen atoms in total. The van der Waals surface area contributed by atoms with Gasteiger partial charge in [0.1, 0.15) is 0 Å². The van der Waals surface area contributed by atoms with Gasteiger partial charge in [-0.25, -0.2) is 0 Å². The Morgan fingerprint density at radius 2 is 1.85 bits per heavy atom. The second kappa shape index (κ2) is 5.74. The van der Waals surface area contributed by atoms with Crippen LogP contribution in [0.3, 0.4) is 0 Å². The van der Waals surface area contributed by atoms with E-state index in [9.17, 15) is 0 Å². The van der Waals surface area contributed by atoms with E-state index in [4.69, 9.17) is 5.73 Å². The summed E-state index contributed by atoms with van der Waals surface area (Å²) in [7, 11) is 0. The van der Waals surface area contributed by atoms with E-state index in [1.54, 1.807) is 0 Å². The smallest absolute Gasteiger partial charge is 0.0367 e. The molecule has 110 valence electrons. The van der Waals surface area contributed by atoms with E-state index < -0.39 is 0 Å². The summed E-state index contributed by atoms with van der Waals surface area (Å²) in [5, 5.41) is 0. The van der Waals surface area contributed by atoms with Gasteiger partial charge in [-0.2, -0.15) is 0 Å². The van der Waals surface area contributed by atoms with Crippen LogP contribution >= 0.6 is 0 Å². The van der Waals surface area contributed by atoms with Crippen LogP contribution in [0.25, 0.3) is 0 Å². The van der Waals surface area contributed by atoms with Gasteiger partial charge in [-0.3, -0.25) is 4.90 Å². The van der Waals surface area contributed by atoms with Crippen molar-refractivity contribution in [3.05, 3.63) is 30.3 Å². The summed E-state index contributed by atoms with van der Waals surface area (Å²) in [4.78, 5) is 5.18. The van der Waals surface area contributed by atoms with E-state index in [2.05, 4.69) is 47.1 Å². The number of anilines is 1. The molecule has 1 aromatic carbocycles. The summed E-state index contributed by atoms with van der Waals surface area (Å²) < 4.78 is 0. The topological polar surface area (TPSA) is 32.5 Å². The molecule has 2 unspecified atom stereocenters. The number of piperazine rings is 1. The highest BCUT2D eigenvalue weighted by Gasteiger charge is 2.44. The standard InChI is InChI=1S/C17H27N3/c1-15-6-5-9-17(15,14-18)20-12-10-19(11-13-20)16-7-3-2-4-8-16/h2-4,7-8,15H,5-6,9-14,18H2,1H3. The lowest BCUT2D eigenvalue weighted by atomic mass is 9.85. The zero-order valence-corrected chi connectivity index (χ0v) is 12.6. The maximum Gasteiger partial charge on any atom is 0.0367 e. The first-order valence-corrected chi connectivity index (χ1v) is 8.01. The van der Waals surface area contributed by atoms with Gasteiger partial charge in [-0.05, 0) is 30.9 Å². The third-order valence-electron chi connectivity index (χ3n) is 5.55. The molecule has 1 heterocycles. The number of rotatable bonds is 3. The van der Waals surface area contributed by atoms with Gasteiger partial charge >= 0.3 is 0 Å². The highest BCUT2D eigenvalue weighted by molar-refractivity contribution is 5.46. The zero-order chi connectivity index (χ0) is 14.0. The van der Waals surface area contributed by atoms with E-state index in [-0.39, 0.29) is 5.54 Å². The molecule has 0 amide bonds. The Morgan fingerprint density at radius 1 is 1.15 bits per heavy atom.